The van der Waals surface area contributed by atoms with Crippen molar-refractivity contribution in [1.29, 1.82) is 0 Å². The number of carbonyl (C=O) groups is 7. The highest BCUT2D eigenvalue weighted by molar-refractivity contribution is 6.74. The fourth-order valence-electron chi connectivity index (χ4n) is 11.2. The molecule has 0 aliphatic rings. The van der Waals surface area contributed by atoms with Gasteiger partial charge in [-0.1, -0.05) is 233 Å². The molecule has 7 N–H and O–H groups in total. The number of carbonyl (C=O) groups excluding carboxylic acids is 6. The zero-order valence-electron chi connectivity index (χ0n) is 58.1. The number of hydrogen-bond donors (Lipinski definition) is 7. The van der Waals surface area contributed by atoms with Crippen LogP contribution in [0.3, 0.4) is 0 Å². The van der Waals surface area contributed by atoms with Crippen LogP contribution in [-0.2, 0) is 55.5 Å². The summed E-state index contributed by atoms with van der Waals surface area (Å²) in [4.78, 5) is 105. The Balaban J connectivity index is 1.31. The van der Waals surface area contributed by atoms with Crippen molar-refractivity contribution in [2.24, 2.45) is 10.9 Å². The first-order chi connectivity index (χ1) is 46.5. The molecule has 0 aliphatic heterocycles. The number of alkyl carbamates (subject to hydrolysis) is 3. The van der Waals surface area contributed by atoms with E-state index >= 15 is 14.4 Å². The predicted octanol–water partition coefficient (Wildman–Crippen LogP) is 13.8. The number of hydrogen-bond acceptors (Lipinski definition) is 12. The van der Waals surface area contributed by atoms with E-state index in [0.717, 1.165) is 16.7 Å². The maximum absolute atomic E-state index is 15.9. The van der Waals surface area contributed by atoms with Crippen LogP contribution in [0, 0.1) is 5.92 Å². The quantitative estimate of drug-likeness (QED) is 0.00603. The van der Waals surface area contributed by atoms with Crippen molar-refractivity contribution in [2.45, 2.75) is 166 Å². The number of aliphatic imine (C=N–C) groups is 1. The van der Waals surface area contributed by atoms with Crippen molar-refractivity contribution in [1.82, 2.24) is 31.9 Å². The normalized spacial score (nSPS) is 13.2. The van der Waals surface area contributed by atoms with E-state index in [1.165, 1.54) is 0 Å². The van der Waals surface area contributed by atoms with E-state index in [9.17, 15) is 24.3 Å². The molecule has 7 aromatic rings. The van der Waals surface area contributed by atoms with Crippen LogP contribution in [0.4, 0.5) is 14.4 Å². The van der Waals surface area contributed by atoms with Crippen LogP contribution < -0.4 is 31.9 Å². The molecule has 0 spiro atoms. The van der Waals surface area contributed by atoms with Crippen LogP contribution in [0.25, 0.3) is 0 Å². The van der Waals surface area contributed by atoms with Gasteiger partial charge in [-0.2, -0.15) is 0 Å². The first-order valence-electron chi connectivity index (χ1n) is 33.2. The van der Waals surface area contributed by atoms with Crippen molar-refractivity contribution >= 4 is 56.2 Å². The molecule has 518 valence electrons. The number of carboxylic acid groups (broad SMARTS) is 1. The predicted molar refractivity (Wildman–Crippen MR) is 382 cm³/mol. The van der Waals surface area contributed by atoms with Gasteiger partial charge in [0.25, 0.3) is 0 Å². The monoisotopic (exact) mass is 1350 g/mol. The lowest BCUT2D eigenvalue weighted by Gasteiger charge is -2.42. The van der Waals surface area contributed by atoms with E-state index in [0.29, 0.717) is 22.3 Å². The molecule has 6 amide bonds. The number of amides is 6. The molecule has 0 fully saturated rings. The molecule has 4 atom stereocenters. The maximum atomic E-state index is 15.9. The summed E-state index contributed by atoms with van der Waals surface area (Å²) in [5, 5.41) is 28.3. The molecule has 20 heteroatoms. The third-order valence-electron chi connectivity index (χ3n) is 16.9. The fraction of sp³-hybridized carbons (Fsp3) is 0.359. The van der Waals surface area contributed by atoms with Crippen LogP contribution in [0.5, 0.6) is 0 Å². The van der Waals surface area contributed by atoms with Crippen molar-refractivity contribution < 1.29 is 57.3 Å². The van der Waals surface area contributed by atoms with Gasteiger partial charge < -0.3 is 45.0 Å². The van der Waals surface area contributed by atoms with Crippen LogP contribution in [-0.4, -0.2) is 97.3 Å². The number of carboxylic acids is 1. The highest BCUT2D eigenvalue weighted by Crippen LogP contribution is 2.41. The summed E-state index contributed by atoms with van der Waals surface area (Å²) in [6, 6.07) is 63.1. The summed E-state index contributed by atoms with van der Waals surface area (Å²) in [7, 11) is -3.00. The number of aliphatic carboxylic acids is 1. The number of rotatable bonds is 28. The number of nitrogens with one attached hydrogen (secondary N) is 6. The molecular formula is C78H95N7O12Si. The summed E-state index contributed by atoms with van der Waals surface area (Å²) >= 11 is 0. The Bertz CT molecular complexity index is 3530. The Hall–Kier alpha value is -9.92. The zero-order valence-corrected chi connectivity index (χ0v) is 59.1. The Morgan fingerprint density at radius 1 is 0.490 bits per heavy atom. The number of nitrogens with zero attached hydrogens (tertiary/aromatic N) is 1. The van der Waals surface area contributed by atoms with Crippen LogP contribution >= 0.6 is 0 Å². The molecule has 0 saturated carbocycles. The highest BCUT2D eigenvalue weighted by atomic mass is 28.4. The standard InChI is InChI=1S/C78H95N7O12Si/c1-74(2,3)95-72(92)82-70(83-73(93)96-75(4,5)6)79-51-33-36-56(69(89)90)52-65(97-98(10,11)76(7,8)9)63(49-50-66(86)84-77(57-37-21-13-22-38-57,58-39-23-14-24-40-58)59-41-25-15-26-42-59)80-68(88)64(81-71(91)94-54-55-34-19-12-20-35-55)53-67(87)85-78(60-43-27-16-28-44-60,61-45-29-17-30-46-61)62-47-31-18-32-48-62/h12-32,34-35,37-48,56,63-65H,33,36,49-54H2,1-11H3,(H,80,88)(H,81,91)(H,84,86)(H,85,87)(H,89,90)(H2,79,82,83,92,93)/t56-,63+,64+,65-/m1/s1. The second-order valence-electron chi connectivity index (χ2n) is 27.7. The van der Waals surface area contributed by atoms with Gasteiger partial charge in [0.15, 0.2) is 8.32 Å². The van der Waals surface area contributed by atoms with Crippen LogP contribution in [0.2, 0.25) is 18.1 Å². The lowest BCUT2D eigenvalue weighted by molar-refractivity contribution is -0.143. The smallest absolute Gasteiger partial charge is 0.414 e. The van der Waals surface area contributed by atoms with Gasteiger partial charge in [-0.3, -0.25) is 34.8 Å². The van der Waals surface area contributed by atoms with Crippen molar-refractivity contribution in [2.75, 3.05) is 6.54 Å². The molecule has 0 unspecified atom stereocenters. The van der Waals surface area contributed by atoms with Crippen LogP contribution in [0.15, 0.2) is 217 Å². The van der Waals surface area contributed by atoms with E-state index in [1.54, 1.807) is 65.8 Å². The van der Waals surface area contributed by atoms with Crippen molar-refractivity contribution in [3.8, 4) is 0 Å². The molecule has 98 heavy (non-hydrogen) atoms. The molecule has 7 aromatic carbocycles. The van der Waals surface area contributed by atoms with E-state index in [2.05, 4.69) is 36.9 Å². The lowest BCUT2D eigenvalue weighted by Crippen LogP contribution is -2.57. The minimum Gasteiger partial charge on any atom is -0.481 e. The molecule has 0 bridgehead atoms. The second-order valence-corrected chi connectivity index (χ2v) is 32.5. The average molecular weight is 1350 g/mol. The van der Waals surface area contributed by atoms with Gasteiger partial charge in [-0.05, 0) is 124 Å². The SMILES string of the molecule is CC(C)(C)OC(=O)NC(=NCCC[C@H](C[C@@H](O[Si](C)(C)C(C)(C)C)[C@H](CCC(=O)NC(c1ccccc1)(c1ccccc1)c1ccccc1)NC(=O)[C@H](CC(=O)NC(c1ccccc1)(c1ccccc1)c1ccccc1)NC(=O)OCc1ccccc1)C(=O)O)NC(=O)OC(C)(C)C. The molecule has 7 rings (SSSR count). The number of ether oxygens (including phenoxy) is 3. The van der Waals surface area contributed by atoms with Gasteiger partial charge in [-0.15, -0.1) is 0 Å². The van der Waals surface area contributed by atoms with Crippen molar-refractivity contribution in [3.05, 3.63) is 251 Å². The van der Waals surface area contributed by atoms with Crippen molar-refractivity contribution in [3.63, 3.8) is 0 Å². The molecule has 0 aromatic heterocycles. The maximum Gasteiger partial charge on any atom is 0.414 e. The lowest BCUT2D eigenvalue weighted by atomic mass is 9.77. The first-order valence-corrected chi connectivity index (χ1v) is 36.1. The Morgan fingerprint density at radius 2 is 0.867 bits per heavy atom. The Morgan fingerprint density at radius 3 is 1.23 bits per heavy atom. The Labute approximate surface area is 577 Å². The number of guanidine groups is 1. The summed E-state index contributed by atoms with van der Waals surface area (Å²) in [6.07, 6.45) is -5.15. The highest BCUT2D eigenvalue weighted by Gasteiger charge is 2.45. The van der Waals surface area contributed by atoms with E-state index in [4.69, 9.17) is 18.6 Å². The van der Waals surface area contributed by atoms with Gasteiger partial charge >= 0.3 is 24.2 Å². The third-order valence-corrected chi connectivity index (χ3v) is 21.4. The van der Waals surface area contributed by atoms with E-state index < -0.39 is 108 Å². The third kappa shape index (κ3) is 21.8. The molecular weight excluding hydrogens is 1250 g/mol. The topological polar surface area (TPSA) is 261 Å². The summed E-state index contributed by atoms with van der Waals surface area (Å²) < 4.78 is 24.0. The van der Waals surface area contributed by atoms with Gasteiger partial charge in [0.2, 0.25) is 23.7 Å². The molecule has 0 aliphatic carbocycles. The van der Waals surface area contributed by atoms with Gasteiger partial charge in [0.05, 0.1) is 24.5 Å². The van der Waals surface area contributed by atoms with E-state index in [1.807, 2.05) is 222 Å². The summed E-state index contributed by atoms with van der Waals surface area (Å²) in [5.41, 5.74) is 0.687. The second kappa shape index (κ2) is 34.3. The first kappa shape index (κ1) is 75.5. The molecule has 19 nitrogen and oxygen atoms in total. The zero-order chi connectivity index (χ0) is 71.2. The molecule has 0 radical (unpaired) electrons. The summed E-state index contributed by atoms with van der Waals surface area (Å²) in [6.45, 7) is 19.8. The molecule has 0 saturated heterocycles. The average Bonchev–Trinajstić information content (AvgIpc) is 0.764. The molecule has 0 heterocycles. The largest absolute Gasteiger partial charge is 0.481 e. The van der Waals surface area contributed by atoms with E-state index in [-0.39, 0.29) is 51.2 Å². The van der Waals surface area contributed by atoms with Gasteiger partial charge in [0, 0.05) is 13.0 Å². The Kier molecular flexibility index (Phi) is 26.4. The minimum atomic E-state index is -3.00. The minimum absolute atomic E-state index is 0.0269. The van der Waals surface area contributed by atoms with Gasteiger partial charge in [-0.25, -0.2) is 14.4 Å². The van der Waals surface area contributed by atoms with Crippen LogP contribution in [0.1, 0.15) is 140 Å². The van der Waals surface area contributed by atoms with Gasteiger partial charge in [0.1, 0.15) is 34.9 Å². The summed E-state index contributed by atoms with van der Waals surface area (Å²) in [5.74, 6) is -4.61. The fourth-order valence-corrected chi connectivity index (χ4v) is 12.6. The number of benzene rings is 7.